The molecule has 0 aliphatic carbocycles. The minimum absolute atomic E-state index is 0. The van der Waals surface area contributed by atoms with Gasteiger partial charge in [0.1, 0.15) is 5.75 Å². The van der Waals surface area contributed by atoms with Crippen LogP contribution in [0.2, 0.25) is 0 Å². The Labute approximate surface area is 137 Å². The standard InChI is InChI=1S/C6H7NO2S.C6H6O.Ca/c7-10(8,9)6-4-2-1-3-5-6;7-6-4-2-1-3-5-6;/h1-5H,(H2,7,8,9);1-5,7H;. The minimum atomic E-state index is -3.50. The Morgan fingerprint density at radius 1 is 0.833 bits per heavy atom. The quantitative estimate of drug-likeness (QED) is 0.778. The van der Waals surface area contributed by atoms with Crippen molar-refractivity contribution in [3.63, 3.8) is 0 Å². The molecule has 0 spiro atoms. The molecular formula is C12H13CaNO3S. The van der Waals surface area contributed by atoms with Gasteiger partial charge in [-0.15, -0.1) is 0 Å². The van der Waals surface area contributed by atoms with E-state index in [0.717, 1.165) is 0 Å². The van der Waals surface area contributed by atoms with Crippen LogP contribution >= 0.6 is 0 Å². The monoisotopic (exact) mass is 291 g/mol. The van der Waals surface area contributed by atoms with E-state index in [0.29, 0.717) is 5.75 Å². The molecule has 2 aromatic carbocycles. The molecule has 2 rings (SSSR count). The predicted octanol–water partition coefficient (Wildman–Crippen LogP) is 1.35. The fourth-order valence-corrected chi connectivity index (χ4v) is 1.57. The Balaban J connectivity index is 0.000000321. The van der Waals surface area contributed by atoms with Crippen LogP contribution in [0.4, 0.5) is 0 Å². The summed E-state index contributed by atoms with van der Waals surface area (Å²) in [4.78, 5) is 0.148. The molecule has 0 aliphatic rings. The molecule has 0 fully saturated rings. The van der Waals surface area contributed by atoms with Gasteiger partial charge in [0.05, 0.1) is 4.90 Å². The molecule has 0 amide bonds. The zero-order chi connectivity index (χ0) is 12.7. The van der Waals surface area contributed by atoms with Gasteiger partial charge >= 0.3 is 0 Å². The van der Waals surface area contributed by atoms with Gasteiger partial charge in [-0.1, -0.05) is 36.4 Å². The van der Waals surface area contributed by atoms with E-state index in [2.05, 4.69) is 0 Å². The van der Waals surface area contributed by atoms with Crippen molar-refractivity contribution in [1.29, 1.82) is 0 Å². The molecule has 0 atom stereocenters. The number of benzene rings is 2. The van der Waals surface area contributed by atoms with Gasteiger partial charge in [0, 0.05) is 37.7 Å². The van der Waals surface area contributed by atoms with Gasteiger partial charge in [0.2, 0.25) is 10.0 Å². The van der Waals surface area contributed by atoms with E-state index in [-0.39, 0.29) is 42.6 Å². The van der Waals surface area contributed by atoms with Crippen molar-refractivity contribution >= 4 is 47.8 Å². The number of primary sulfonamides is 1. The number of aromatic hydroxyl groups is 1. The summed E-state index contributed by atoms with van der Waals surface area (Å²) >= 11 is 0. The van der Waals surface area contributed by atoms with Crippen LogP contribution in [0.5, 0.6) is 5.75 Å². The van der Waals surface area contributed by atoms with Gasteiger partial charge in [-0.25, -0.2) is 13.6 Å². The predicted molar refractivity (Wildman–Crippen MR) is 71.7 cm³/mol. The molecule has 18 heavy (non-hydrogen) atoms. The van der Waals surface area contributed by atoms with E-state index >= 15 is 0 Å². The molecule has 0 saturated carbocycles. The van der Waals surface area contributed by atoms with Crippen molar-refractivity contribution in [3.05, 3.63) is 60.7 Å². The van der Waals surface area contributed by atoms with Crippen LogP contribution in [0.25, 0.3) is 0 Å². The second-order valence-electron chi connectivity index (χ2n) is 3.19. The molecule has 2 radical (unpaired) electrons. The van der Waals surface area contributed by atoms with E-state index in [1.54, 1.807) is 42.5 Å². The zero-order valence-corrected chi connectivity index (χ0v) is 12.8. The summed E-state index contributed by atoms with van der Waals surface area (Å²) in [5, 5.41) is 13.5. The second-order valence-corrected chi connectivity index (χ2v) is 4.76. The van der Waals surface area contributed by atoms with E-state index in [1.807, 2.05) is 6.07 Å². The topological polar surface area (TPSA) is 80.4 Å². The van der Waals surface area contributed by atoms with Crippen molar-refractivity contribution < 1.29 is 13.5 Å². The number of hydrogen-bond acceptors (Lipinski definition) is 3. The van der Waals surface area contributed by atoms with Crippen molar-refractivity contribution in [2.24, 2.45) is 5.14 Å². The van der Waals surface area contributed by atoms with Crippen molar-refractivity contribution in [3.8, 4) is 5.75 Å². The maximum absolute atomic E-state index is 10.6. The molecule has 0 aliphatic heterocycles. The summed E-state index contributed by atoms with van der Waals surface area (Å²) < 4.78 is 21.2. The number of sulfonamides is 1. The molecule has 0 heterocycles. The molecule has 2 aromatic rings. The van der Waals surface area contributed by atoms with E-state index < -0.39 is 10.0 Å². The third-order valence-electron chi connectivity index (χ3n) is 1.83. The van der Waals surface area contributed by atoms with Crippen LogP contribution < -0.4 is 5.14 Å². The third kappa shape index (κ3) is 6.98. The van der Waals surface area contributed by atoms with Crippen LogP contribution in [0.3, 0.4) is 0 Å². The number of nitrogens with two attached hydrogens (primary N) is 1. The molecule has 4 nitrogen and oxygen atoms in total. The molecular weight excluding hydrogens is 278 g/mol. The van der Waals surface area contributed by atoms with Crippen molar-refractivity contribution in [2.75, 3.05) is 0 Å². The number of phenolic OH excluding ortho intramolecular Hbond substituents is 1. The molecule has 6 heteroatoms. The second kappa shape index (κ2) is 8.50. The number of rotatable bonds is 1. The van der Waals surface area contributed by atoms with Crippen LogP contribution in [-0.2, 0) is 10.0 Å². The fourth-order valence-electron chi connectivity index (χ4n) is 1.04. The maximum Gasteiger partial charge on any atom is 0.238 e. The van der Waals surface area contributed by atoms with Gasteiger partial charge in [0.25, 0.3) is 0 Å². The van der Waals surface area contributed by atoms with Gasteiger partial charge in [-0.3, -0.25) is 0 Å². The number of para-hydroxylation sites is 1. The van der Waals surface area contributed by atoms with E-state index in [9.17, 15) is 8.42 Å². The molecule has 0 unspecified atom stereocenters. The Bertz CT molecular complexity index is 544. The Hall–Kier alpha value is -0.590. The van der Waals surface area contributed by atoms with Gasteiger partial charge < -0.3 is 5.11 Å². The van der Waals surface area contributed by atoms with Crippen LogP contribution in [0.15, 0.2) is 65.6 Å². The van der Waals surface area contributed by atoms with Crippen molar-refractivity contribution in [2.45, 2.75) is 4.90 Å². The van der Waals surface area contributed by atoms with Gasteiger partial charge in [-0.05, 0) is 24.3 Å². The van der Waals surface area contributed by atoms with Gasteiger partial charge in [0.15, 0.2) is 0 Å². The normalized spacial score (nSPS) is 9.61. The first-order valence-electron chi connectivity index (χ1n) is 4.82. The van der Waals surface area contributed by atoms with Crippen LogP contribution in [0.1, 0.15) is 0 Å². The smallest absolute Gasteiger partial charge is 0.238 e. The average molecular weight is 291 g/mol. The summed E-state index contributed by atoms with van der Waals surface area (Å²) in [7, 11) is -3.50. The van der Waals surface area contributed by atoms with Gasteiger partial charge in [-0.2, -0.15) is 0 Å². The molecule has 0 aromatic heterocycles. The summed E-state index contributed by atoms with van der Waals surface area (Å²) in [6.45, 7) is 0. The van der Waals surface area contributed by atoms with Crippen LogP contribution in [0, 0.1) is 0 Å². The third-order valence-corrected chi connectivity index (χ3v) is 2.76. The molecule has 3 N–H and O–H groups in total. The Morgan fingerprint density at radius 2 is 1.22 bits per heavy atom. The summed E-state index contributed by atoms with van der Waals surface area (Å²) in [5.41, 5.74) is 0. The van der Waals surface area contributed by atoms with Crippen molar-refractivity contribution in [1.82, 2.24) is 0 Å². The SMILES string of the molecule is NS(=O)(=O)c1ccccc1.Oc1ccccc1.[Ca]. The number of hydrogen-bond donors (Lipinski definition) is 2. The first kappa shape index (κ1) is 17.4. The summed E-state index contributed by atoms with van der Waals surface area (Å²) in [6.07, 6.45) is 0. The minimum Gasteiger partial charge on any atom is -0.508 e. The molecule has 92 valence electrons. The zero-order valence-electron chi connectivity index (χ0n) is 9.73. The maximum atomic E-state index is 10.6. The number of phenols is 1. The molecule has 0 saturated heterocycles. The Morgan fingerprint density at radius 3 is 1.44 bits per heavy atom. The first-order valence-corrected chi connectivity index (χ1v) is 6.36. The Kier molecular flexibility index (Phi) is 8.22. The molecule has 0 bridgehead atoms. The first-order chi connectivity index (χ1) is 8.00. The van der Waals surface area contributed by atoms with Crippen LogP contribution in [-0.4, -0.2) is 51.3 Å². The van der Waals surface area contributed by atoms with E-state index in [4.69, 9.17) is 10.2 Å². The van der Waals surface area contributed by atoms with E-state index in [1.165, 1.54) is 12.1 Å². The summed E-state index contributed by atoms with van der Waals surface area (Å²) in [6, 6.07) is 16.6. The fraction of sp³-hybridized carbons (Fsp3) is 0. The average Bonchev–Trinajstić information content (AvgIpc) is 2.31. The largest absolute Gasteiger partial charge is 0.508 e. The summed E-state index contributed by atoms with van der Waals surface area (Å²) in [5.74, 6) is 0.322.